The molecule has 1 fully saturated rings. The van der Waals surface area contributed by atoms with Gasteiger partial charge in [0.1, 0.15) is 0 Å². The van der Waals surface area contributed by atoms with Gasteiger partial charge in [0, 0.05) is 19.1 Å². The van der Waals surface area contributed by atoms with Gasteiger partial charge >= 0.3 is 0 Å². The fraction of sp³-hybridized carbons (Fsp3) is 1.00. The molecule has 17 heavy (non-hydrogen) atoms. The Hall–Kier alpha value is -0.160. The summed E-state index contributed by atoms with van der Waals surface area (Å²) >= 11 is 0. The summed E-state index contributed by atoms with van der Waals surface area (Å²) in [6.07, 6.45) is 2.20. The predicted molar refractivity (Wildman–Crippen MR) is 70.3 cm³/mol. The minimum absolute atomic E-state index is 0.181. The van der Waals surface area contributed by atoms with E-state index in [9.17, 15) is 5.11 Å². The maximum Gasteiger partial charge on any atom is 0.0623 e. The van der Waals surface area contributed by atoms with E-state index in [4.69, 9.17) is 4.74 Å². The Morgan fingerprint density at radius 1 is 1.47 bits per heavy atom. The molecule has 0 aliphatic carbocycles. The molecule has 0 radical (unpaired) electrons. The maximum absolute atomic E-state index is 9.58. The van der Waals surface area contributed by atoms with E-state index in [1.807, 2.05) is 0 Å². The summed E-state index contributed by atoms with van der Waals surface area (Å²) in [5.41, 5.74) is -0.194. The molecule has 0 bridgehead atoms. The van der Waals surface area contributed by atoms with Crippen molar-refractivity contribution in [3.63, 3.8) is 0 Å². The van der Waals surface area contributed by atoms with Gasteiger partial charge in [0.15, 0.2) is 0 Å². The van der Waals surface area contributed by atoms with Crippen molar-refractivity contribution in [2.75, 3.05) is 39.5 Å². The first-order valence-corrected chi connectivity index (χ1v) is 6.83. The molecule has 1 heterocycles. The average Bonchev–Trinajstić information content (AvgIpc) is 2.37. The van der Waals surface area contributed by atoms with Gasteiger partial charge in [-0.15, -0.1) is 0 Å². The molecular formula is C13H28N2O2. The smallest absolute Gasteiger partial charge is 0.0623 e. The molecule has 4 heteroatoms. The van der Waals surface area contributed by atoms with Crippen molar-refractivity contribution in [1.29, 1.82) is 0 Å². The van der Waals surface area contributed by atoms with Gasteiger partial charge in [-0.2, -0.15) is 0 Å². The first-order chi connectivity index (χ1) is 8.15. The zero-order valence-electron chi connectivity index (χ0n) is 11.5. The third-order valence-corrected chi connectivity index (χ3v) is 3.52. The number of aliphatic hydroxyl groups excluding tert-OH is 1. The number of ether oxygens (including phenoxy) is 1. The van der Waals surface area contributed by atoms with Crippen LogP contribution in [0.1, 0.15) is 33.6 Å². The molecule has 0 spiro atoms. The number of nitrogens with zero attached hydrogens (tertiary/aromatic N) is 1. The van der Waals surface area contributed by atoms with Crippen molar-refractivity contribution in [2.45, 2.75) is 45.2 Å². The molecule has 2 atom stereocenters. The Kier molecular flexibility index (Phi) is 6.41. The summed E-state index contributed by atoms with van der Waals surface area (Å²) < 4.78 is 5.51. The normalized spacial score (nSPS) is 25.8. The zero-order valence-corrected chi connectivity index (χ0v) is 11.5. The van der Waals surface area contributed by atoms with Gasteiger partial charge in [0.05, 0.1) is 25.4 Å². The number of aliphatic hydroxyl groups is 1. The minimum atomic E-state index is -0.194. The monoisotopic (exact) mass is 244 g/mol. The molecule has 0 saturated carbocycles. The standard InChI is InChI=1S/C13H28N2O2/c1-4-6-14-13(3,11-16)10-15-7-8-17-9-12(15)5-2/h12,14,16H,4-11H2,1-3H3. The van der Waals surface area contributed by atoms with E-state index in [1.165, 1.54) is 0 Å². The molecule has 4 nitrogen and oxygen atoms in total. The van der Waals surface area contributed by atoms with Gasteiger partial charge in [-0.1, -0.05) is 13.8 Å². The number of hydrogen-bond donors (Lipinski definition) is 2. The lowest BCUT2D eigenvalue weighted by Crippen LogP contribution is -2.58. The van der Waals surface area contributed by atoms with E-state index in [0.29, 0.717) is 6.04 Å². The first-order valence-electron chi connectivity index (χ1n) is 6.83. The first kappa shape index (κ1) is 14.9. The third-order valence-electron chi connectivity index (χ3n) is 3.52. The second kappa shape index (κ2) is 7.31. The Morgan fingerprint density at radius 3 is 2.82 bits per heavy atom. The highest BCUT2D eigenvalue weighted by molar-refractivity contribution is 4.89. The largest absolute Gasteiger partial charge is 0.394 e. The van der Waals surface area contributed by atoms with E-state index in [-0.39, 0.29) is 12.1 Å². The lowest BCUT2D eigenvalue weighted by Gasteiger charge is -2.41. The molecule has 2 N–H and O–H groups in total. The van der Waals surface area contributed by atoms with Crippen molar-refractivity contribution in [3.05, 3.63) is 0 Å². The lowest BCUT2D eigenvalue weighted by atomic mass is 10.0. The number of hydrogen-bond acceptors (Lipinski definition) is 4. The highest BCUT2D eigenvalue weighted by Gasteiger charge is 2.30. The molecule has 1 aliphatic rings. The molecule has 102 valence electrons. The highest BCUT2D eigenvalue weighted by atomic mass is 16.5. The van der Waals surface area contributed by atoms with Gasteiger partial charge in [0.2, 0.25) is 0 Å². The number of morpholine rings is 1. The summed E-state index contributed by atoms with van der Waals surface area (Å²) in [5.74, 6) is 0. The van der Waals surface area contributed by atoms with Crippen LogP contribution in [0.5, 0.6) is 0 Å². The molecule has 0 aromatic heterocycles. The second-order valence-corrected chi connectivity index (χ2v) is 5.25. The van der Waals surface area contributed by atoms with Crippen LogP contribution in [0.2, 0.25) is 0 Å². The highest BCUT2D eigenvalue weighted by Crippen LogP contribution is 2.15. The topological polar surface area (TPSA) is 44.7 Å². The summed E-state index contributed by atoms with van der Waals surface area (Å²) in [6.45, 7) is 11.1. The van der Waals surface area contributed by atoms with E-state index in [1.54, 1.807) is 0 Å². The van der Waals surface area contributed by atoms with Crippen LogP contribution in [0.4, 0.5) is 0 Å². The fourth-order valence-electron chi connectivity index (χ4n) is 2.31. The summed E-state index contributed by atoms with van der Waals surface area (Å²) in [5, 5.41) is 13.0. The molecule has 0 aromatic rings. The Labute approximate surface area is 105 Å². The van der Waals surface area contributed by atoms with Gasteiger partial charge in [0.25, 0.3) is 0 Å². The predicted octanol–water partition coefficient (Wildman–Crippen LogP) is 0.848. The van der Waals surface area contributed by atoms with Crippen LogP contribution >= 0.6 is 0 Å². The Balaban J connectivity index is 2.52. The molecule has 1 aliphatic heterocycles. The fourth-order valence-corrected chi connectivity index (χ4v) is 2.31. The number of rotatable bonds is 7. The van der Waals surface area contributed by atoms with Crippen molar-refractivity contribution in [1.82, 2.24) is 10.2 Å². The molecule has 1 saturated heterocycles. The summed E-state index contributed by atoms with van der Waals surface area (Å²) in [6, 6.07) is 0.498. The van der Waals surface area contributed by atoms with Gasteiger partial charge in [-0.05, 0) is 26.3 Å². The van der Waals surface area contributed by atoms with Crippen LogP contribution in [-0.2, 0) is 4.74 Å². The molecular weight excluding hydrogens is 216 g/mol. The maximum atomic E-state index is 9.58. The molecule has 0 aromatic carbocycles. The summed E-state index contributed by atoms with van der Waals surface area (Å²) in [7, 11) is 0. The Morgan fingerprint density at radius 2 is 2.24 bits per heavy atom. The van der Waals surface area contributed by atoms with Gasteiger partial charge in [-0.3, -0.25) is 4.90 Å². The van der Waals surface area contributed by atoms with Crippen molar-refractivity contribution in [3.8, 4) is 0 Å². The van der Waals surface area contributed by atoms with Crippen LogP contribution < -0.4 is 5.32 Å². The molecule has 2 unspecified atom stereocenters. The van der Waals surface area contributed by atoms with Crippen molar-refractivity contribution >= 4 is 0 Å². The lowest BCUT2D eigenvalue weighted by molar-refractivity contribution is -0.0253. The van der Waals surface area contributed by atoms with E-state index < -0.39 is 0 Å². The van der Waals surface area contributed by atoms with Crippen molar-refractivity contribution < 1.29 is 9.84 Å². The van der Waals surface area contributed by atoms with Crippen LogP contribution in [-0.4, -0.2) is 61.0 Å². The van der Waals surface area contributed by atoms with Crippen LogP contribution in [0.25, 0.3) is 0 Å². The molecule has 0 amide bonds. The third kappa shape index (κ3) is 4.54. The van der Waals surface area contributed by atoms with Gasteiger partial charge < -0.3 is 15.2 Å². The number of nitrogens with one attached hydrogen (secondary N) is 1. The SMILES string of the molecule is CCCNC(C)(CO)CN1CCOCC1CC. The zero-order chi connectivity index (χ0) is 12.7. The van der Waals surface area contributed by atoms with Crippen molar-refractivity contribution in [2.24, 2.45) is 0 Å². The second-order valence-electron chi connectivity index (χ2n) is 5.25. The van der Waals surface area contributed by atoms with E-state index >= 15 is 0 Å². The van der Waals surface area contributed by atoms with E-state index in [2.05, 4.69) is 31.0 Å². The van der Waals surface area contributed by atoms with Gasteiger partial charge in [-0.25, -0.2) is 0 Å². The van der Waals surface area contributed by atoms with Crippen LogP contribution in [0, 0.1) is 0 Å². The van der Waals surface area contributed by atoms with Crippen LogP contribution in [0.3, 0.4) is 0 Å². The quantitative estimate of drug-likeness (QED) is 0.697. The van der Waals surface area contributed by atoms with E-state index in [0.717, 1.165) is 45.7 Å². The van der Waals surface area contributed by atoms with Crippen LogP contribution in [0.15, 0.2) is 0 Å². The summed E-state index contributed by atoms with van der Waals surface area (Å²) in [4.78, 5) is 2.45. The minimum Gasteiger partial charge on any atom is -0.394 e. The average molecular weight is 244 g/mol. The molecule has 1 rings (SSSR count). The Bertz CT molecular complexity index is 214.